The van der Waals surface area contributed by atoms with Crippen molar-refractivity contribution in [3.63, 3.8) is 0 Å². The highest BCUT2D eigenvalue weighted by atomic mass is 19.4. The Balaban J connectivity index is 2.79. The van der Waals surface area contributed by atoms with Crippen LogP contribution in [0, 0.1) is 7.05 Å². The SMILES string of the molecule is [CH2-][NH2+]c1ccc(OCCN(CC)CC)c(C(F)(F)F)c1. The van der Waals surface area contributed by atoms with Crippen molar-refractivity contribution in [3.8, 4) is 5.75 Å². The van der Waals surface area contributed by atoms with Crippen LogP contribution in [0.1, 0.15) is 19.4 Å². The second kappa shape index (κ2) is 7.50. The number of halogens is 3. The molecule has 0 bridgehead atoms. The van der Waals surface area contributed by atoms with Crippen molar-refractivity contribution < 1.29 is 23.2 Å². The summed E-state index contributed by atoms with van der Waals surface area (Å²) in [6.07, 6.45) is -4.43. The Bertz CT molecular complexity index is 417. The molecule has 0 aromatic heterocycles. The van der Waals surface area contributed by atoms with Crippen molar-refractivity contribution >= 4 is 5.69 Å². The Morgan fingerprint density at radius 2 is 1.90 bits per heavy atom. The van der Waals surface area contributed by atoms with Gasteiger partial charge in [0.1, 0.15) is 23.6 Å². The topological polar surface area (TPSA) is 29.1 Å². The van der Waals surface area contributed by atoms with Crippen molar-refractivity contribution in [3.05, 3.63) is 30.8 Å². The third kappa shape index (κ3) is 4.68. The Hall–Kier alpha value is -1.27. The molecule has 1 aromatic carbocycles. The summed E-state index contributed by atoms with van der Waals surface area (Å²) in [5.74, 6) is -0.129. The van der Waals surface area contributed by atoms with Crippen LogP contribution in [0.15, 0.2) is 18.2 Å². The highest BCUT2D eigenvalue weighted by molar-refractivity contribution is 5.44. The molecule has 0 heterocycles. The fraction of sp³-hybridized carbons (Fsp3) is 0.500. The van der Waals surface area contributed by atoms with Gasteiger partial charge in [0.05, 0.1) is 0 Å². The lowest BCUT2D eigenvalue weighted by molar-refractivity contribution is -0.504. The monoisotopic (exact) mass is 290 g/mol. The number of rotatable bonds is 7. The minimum absolute atomic E-state index is 0.129. The number of alkyl halides is 3. The van der Waals surface area contributed by atoms with Gasteiger partial charge in [-0.15, -0.1) is 7.05 Å². The summed E-state index contributed by atoms with van der Waals surface area (Å²) in [5, 5.41) is 1.38. The van der Waals surface area contributed by atoms with Crippen LogP contribution in [0.5, 0.6) is 5.75 Å². The van der Waals surface area contributed by atoms with Gasteiger partial charge >= 0.3 is 6.18 Å². The van der Waals surface area contributed by atoms with E-state index in [1.807, 2.05) is 13.8 Å². The molecule has 20 heavy (non-hydrogen) atoms. The van der Waals surface area contributed by atoms with Crippen LogP contribution in [0.4, 0.5) is 18.9 Å². The maximum Gasteiger partial charge on any atom is 0.420 e. The molecule has 0 saturated heterocycles. The van der Waals surface area contributed by atoms with E-state index in [1.54, 1.807) is 6.07 Å². The van der Waals surface area contributed by atoms with Crippen LogP contribution in [-0.2, 0) is 6.18 Å². The molecule has 1 rings (SSSR count). The van der Waals surface area contributed by atoms with Crippen LogP contribution in [0.2, 0.25) is 0 Å². The molecule has 6 heteroatoms. The van der Waals surface area contributed by atoms with Gasteiger partial charge in [0.15, 0.2) is 0 Å². The third-order valence-electron chi connectivity index (χ3n) is 3.10. The van der Waals surface area contributed by atoms with Crippen molar-refractivity contribution in [1.82, 2.24) is 4.90 Å². The zero-order chi connectivity index (χ0) is 15.2. The number of nitrogens with zero attached hydrogens (tertiary/aromatic N) is 1. The lowest BCUT2D eigenvalue weighted by Crippen LogP contribution is -2.69. The second-order valence-electron chi connectivity index (χ2n) is 4.33. The first-order chi connectivity index (χ1) is 9.42. The summed E-state index contributed by atoms with van der Waals surface area (Å²) in [7, 11) is 3.48. The molecule has 0 spiro atoms. The molecule has 2 N–H and O–H groups in total. The Labute approximate surface area is 117 Å². The fourth-order valence-corrected chi connectivity index (χ4v) is 1.85. The smallest absolute Gasteiger partial charge is 0.420 e. The van der Waals surface area contributed by atoms with E-state index in [-0.39, 0.29) is 12.4 Å². The van der Waals surface area contributed by atoms with Crippen molar-refractivity contribution in [1.29, 1.82) is 0 Å². The molecule has 0 saturated carbocycles. The first-order valence-corrected chi connectivity index (χ1v) is 6.61. The van der Waals surface area contributed by atoms with Crippen molar-refractivity contribution in [2.75, 3.05) is 26.2 Å². The van der Waals surface area contributed by atoms with Gasteiger partial charge in [0.25, 0.3) is 0 Å². The van der Waals surface area contributed by atoms with E-state index in [0.717, 1.165) is 19.2 Å². The molecule has 0 aliphatic heterocycles. The number of hydrogen-bond donors (Lipinski definition) is 1. The van der Waals surface area contributed by atoms with Crippen LogP contribution < -0.4 is 10.1 Å². The average Bonchev–Trinajstić information content (AvgIpc) is 2.42. The highest BCUT2D eigenvalue weighted by Gasteiger charge is 2.35. The van der Waals surface area contributed by atoms with E-state index in [1.165, 1.54) is 11.4 Å². The number of likely N-dealkylation sites (N-methyl/N-ethyl adjacent to an activating group) is 1. The van der Waals surface area contributed by atoms with Crippen LogP contribution >= 0.6 is 0 Å². The van der Waals surface area contributed by atoms with Gasteiger partial charge in [-0.2, -0.15) is 13.2 Å². The molecular formula is C14H21F3N2O. The molecule has 0 fully saturated rings. The largest absolute Gasteiger partial charge is 0.492 e. The average molecular weight is 290 g/mol. The zero-order valence-electron chi connectivity index (χ0n) is 11.8. The Morgan fingerprint density at radius 1 is 1.25 bits per heavy atom. The molecule has 3 nitrogen and oxygen atoms in total. The zero-order valence-corrected chi connectivity index (χ0v) is 11.8. The predicted octanol–water partition coefficient (Wildman–Crippen LogP) is 2.41. The summed E-state index contributed by atoms with van der Waals surface area (Å²) in [6.45, 7) is 6.54. The molecule has 0 aliphatic carbocycles. The minimum atomic E-state index is -4.43. The predicted molar refractivity (Wildman–Crippen MR) is 71.7 cm³/mol. The molecule has 114 valence electrons. The van der Waals surface area contributed by atoms with Gasteiger partial charge in [-0.05, 0) is 19.2 Å². The van der Waals surface area contributed by atoms with Gasteiger partial charge in [-0.25, -0.2) is 0 Å². The Morgan fingerprint density at radius 3 is 2.40 bits per heavy atom. The van der Waals surface area contributed by atoms with Gasteiger partial charge in [-0.1, -0.05) is 13.8 Å². The number of nitrogens with two attached hydrogens (primary N) is 1. The summed E-state index contributed by atoms with van der Waals surface area (Å²) >= 11 is 0. The van der Waals surface area contributed by atoms with E-state index in [9.17, 15) is 13.2 Å². The normalized spacial score (nSPS) is 11.9. The molecule has 1 aromatic rings. The van der Waals surface area contributed by atoms with E-state index >= 15 is 0 Å². The summed E-state index contributed by atoms with van der Waals surface area (Å²) in [5.41, 5.74) is -0.331. The first-order valence-electron chi connectivity index (χ1n) is 6.61. The van der Waals surface area contributed by atoms with Gasteiger partial charge in [-0.3, -0.25) is 0 Å². The fourth-order valence-electron chi connectivity index (χ4n) is 1.85. The van der Waals surface area contributed by atoms with Gasteiger partial charge in [0.2, 0.25) is 0 Å². The maximum absolute atomic E-state index is 13.0. The minimum Gasteiger partial charge on any atom is -0.492 e. The number of ether oxygens (including phenoxy) is 1. The summed E-state index contributed by atoms with van der Waals surface area (Å²) < 4.78 is 44.2. The molecule has 0 radical (unpaired) electrons. The Kier molecular flexibility index (Phi) is 6.29. The van der Waals surface area contributed by atoms with Gasteiger partial charge in [0, 0.05) is 18.7 Å². The van der Waals surface area contributed by atoms with E-state index in [2.05, 4.69) is 11.9 Å². The van der Waals surface area contributed by atoms with Crippen LogP contribution in [0.25, 0.3) is 0 Å². The van der Waals surface area contributed by atoms with E-state index in [4.69, 9.17) is 4.74 Å². The molecule has 0 aliphatic rings. The first kappa shape index (κ1) is 16.8. The van der Waals surface area contributed by atoms with E-state index in [0.29, 0.717) is 12.2 Å². The number of benzene rings is 1. The molecule has 0 atom stereocenters. The standard InChI is InChI=1S/C14H21F3N2O/c1-4-19(5-2)8-9-20-13-7-6-11(18-3)10-12(13)14(15,16)17/h6-7,10H,3-5,8-9,18H2,1-2H3. The quantitative estimate of drug-likeness (QED) is 0.617. The van der Waals surface area contributed by atoms with Gasteiger partial charge < -0.3 is 15.0 Å². The van der Waals surface area contributed by atoms with Crippen molar-refractivity contribution in [2.24, 2.45) is 0 Å². The number of hydrogen-bond acceptors (Lipinski definition) is 2. The van der Waals surface area contributed by atoms with Crippen molar-refractivity contribution in [2.45, 2.75) is 20.0 Å². The van der Waals surface area contributed by atoms with Crippen LogP contribution in [-0.4, -0.2) is 31.1 Å². The summed E-state index contributed by atoms with van der Waals surface area (Å²) in [4.78, 5) is 2.09. The molecular weight excluding hydrogens is 269 g/mol. The second-order valence-corrected chi connectivity index (χ2v) is 4.33. The maximum atomic E-state index is 13.0. The molecule has 0 unspecified atom stereocenters. The lowest BCUT2D eigenvalue weighted by atomic mass is 10.1. The third-order valence-corrected chi connectivity index (χ3v) is 3.10. The summed E-state index contributed by atoms with van der Waals surface area (Å²) in [6, 6.07) is 3.97. The molecule has 0 amide bonds. The lowest BCUT2D eigenvalue weighted by Gasteiger charge is -2.19. The highest BCUT2D eigenvalue weighted by Crippen LogP contribution is 2.37. The van der Waals surface area contributed by atoms with Crippen LogP contribution in [0.3, 0.4) is 0 Å². The van der Waals surface area contributed by atoms with E-state index < -0.39 is 11.7 Å². The number of quaternary nitrogens is 1.